The molecule has 0 saturated carbocycles. The van der Waals surface area contributed by atoms with E-state index in [0.717, 1.165) is 13.2 Å². The lowest BCUT2D eigenvalue weighted by atomic mass is 10.1. The van der Waals surface area contributed by atoms with Gasteiger partial charge in [0, 0.05) is 19.7 Å². The fourth-order valence-electron chi connectivity index (χ4n) is 1.02. The van der Waals surface area contributed by atoms with Crippen LogP contribution in [0.4, 0.5) is 0 Å². The number of hydrogen-bond acceptors (Lipinski definition) is 3. The van der Waals surface area contributed by atoms with Crippen molar-refractivity contribution in [2.75, 3.05) is 19.7 Å². The Labute approximate surface area is 75.1 Å². The average Bonchev–Trinajstić information content (AvgIpc) is 1.85. The molecule has 0 fully saturated rings. The summed E-state index contributed by atoms with van der Waals surface area (Å²) in [6.45, 7) is 9.93. The second-order valence-electron chi connectivity index (χ2n) is 3.67. The van der Waals surface area contributed by atoms with Crippen LogP contribution in [0.1, 0.15) is 27.7 Å². The highest BCUT2D eigenvalue weighted by Gasteiger charge is 2.16. The van der Waals surface area contributed by atoms with E-state index in [1.807, 2.05) is 20.8 Å². The van der Waals surface area contributed by atoms with Crippen LogP contribution in [-0.2, 0) is 4.74 Å². The third-order valence-corrected chi connectivity index (χ3v) is 1.53. The molecule has 0 aromatic heterocycles. The van der Waals surface area contributed by atoms with Gasteiger partial charge in [0.1, 0.15) is 0 Å². The Morgan fingerprint density at radius 1 is 1.50 bits per heavy atom. The Morgan fingerprint density at radius 2 is 2.08 bits per heavy atom. The lowest BCUT2D eigenvalue weighted by Gasteiger charge is -2.25. The SMILES string of the molecule is CCOC(C)(C)CNC[C@H](C)O. The monoisotopic (exact) mass is 175 g/mol. The van der Waals surface area contributed by atoms with E-state index < -0.39 is 0 Å². The molecular formula is C9H21NO2. The number of aliphatic hydroxyl groups excluding tert-OH is 1. The third-order valence-electron chi connectivity index (χ3n) is 1.53. The zero-order chi connectivity index (χ0) is 9.61. The highest BCUT2D eigenvalue weighted by atomic mass is 16.5. The molecule has 0 unspecified atom stereocenters. The quantitative estimate of drug-likeness (QED) is 0.626. The predicted octanol–water partition coefficient (Wildman–Crippen LogP) is 0.772. The summed E-state index contributed by atoms with van der Waals surface area (Å²) in [5.74, 6) is 0. The molecule has 12 heavy (non-hydrogen) atoms. The van der Waals surface area contributed by atoms with E-state index in [9.17, 15) is 0 Å². The van der Waals surface area contributed by atoms with E-state index in [1.54, 1.807) is 6.92 Å². The summed E-state index contributed by atoms with van der Waals surface area (Å²) in [7, 11) is 0. The second-order valence-corrected chi connectivity index (χ2v) is 3.67. The molecule has 0 radical (unpaired) electrons. The van der Waals surface area contributed by atoms with Crippen molar-refractivity contribution in [3.05, 3.63) is 0 Å². The van der Waals surface area contributed by atoms with Gasteiger partial charge in [-0.15, -0.1) is 0 Å². The van der Waals surface area contributed by atoms with Crippen molar-refractivity contribution < 1.29 is 9.84 Å². The van der Waals surface area contributed by atoms with Crippen LogP contribution >= 0.6 is 0 Å². The highest BCUT2D eigenvalue weighted by molar-refractivity contribution is 4.71. The van der Waals surface area contributed by atoms with Crippen LogP contribution in [0.25, 0.3) is 0 Å². The zero-order valence-electron chi connectivity index (χ0n) is 8.55. The van der Waals surface area contributed by atoms with Gasteiger partial charge in [-0.2, -0.15) is 0 Å². The maximum absolute atomic E-state index is 8.98. The summed E-state index contributed by atoms with van der Waals surface area (Å²) in [6.07, 6.45) is -0.289. The van der Waals surface area contributed by atoms with Crippen LogP contribution in [0.3, 0.4) is 0 Å². The fraction of sp³-hybridized carbons (Fsp3) is 1.00. The molecule has 74 valence electrons. The van der Waals surface area contributed by atoms with Gasteiger partial charge in [0.15, 0.2) is 0 Å². The lowest BCUT2D eigenvalue weighted by molar-refractivity contribution is -0.0101. The van der Waals surface area contributed by atoms with Crippen LogP contribution in [0, 0.1) is 0 Å². The van der Waals surface area contributed by atoms with Crippen molar-refractivity contribution in [3.63, 3.8) is 0 Å². The molecule has 0 saturated heterocycles. The summed E-state index contributed by atoms with van der Waals surface area (Å²) < 4.78 is 5.47. The van der Waals surface area contributed by atoms with Crippen LogP contribution in [-0.4, -0.2) is 36.5 Å². The van der Waals surface area contributed by atoms with Gasteiger partial charge >= 0.3 is 0 Å². The van der Waals surface area contributed by atoms with Crippen molar-refractivity contribution in [1.29, 1.82) is 0 Å². The number of ether oxygens (including phenoxy) is 1. The molecule has 3 nitrogen and oxygen atoms in total. The molecule has 0 aromatic carbocycles. The smallest absolute Gasteiger partial charge is 0.0750 e. The molecule has 0 aliphatic rings. The van der Waals surface area contributed by atoms with Crippen molar-refractivity contribution in [3.8, 4) is 0 Å². The molecule has 0 aromatic rings. The predicted molar refractivity (Wildman–Crippen MR) is 50.3 cm³/mol. The molecule has 2 N–H and O–H groups in total. The van der Waals surface area contributed by atoms with Gasteiger partial charge in [0.2, 0.25) is 0 Å². The average molecular weight is 175 g/mol. The van der Waals surface area contributed by atoms with Gasteiger partial charge < -0.3 is 15.2 Å². The van der Waals surface area contributed by atoms with Gasteiger partial charge in [-0.05, 0) is 27.7 Å². The molecule has 1 atom stereocenters. The molecule has 0 aliphatic heterocycles. The highest BCUT2D eigenvalue weighted by Crippen LogP contribution is 2.06. The molecular weight excluding hydrogens is 154 g/mol. The minimum atomic E-state index is -0.289. The summed E-state index contributed by atoms with van der Waals surface area (Å²) in [5.41, 5.74) is -0.135. The Balaban J connectivity index is 3.46. The Hall–Kier alpha value is -0.120. The maximum Gasteiger partial charge on any atom is 0.0750 e. The van der Waals surface area contributed by atoms with E-state index in [0.29, 0.717) is 6.54 Å². The third kappa shape index (κ3) is 6.58. The van der Waals surface area contributed by atoms with Crippen LogP contribution < -0.4 is 5.32 Å². The maximum atomic E-state index is 8.98. The van der Waals surface area contributed by atoms with Crippen LogP contribution in [0.2, 0.25) is 0 Å². The van der Waals surface area contributed by atoms with Gasteiger partial charge in [-0.25, -0.2) is 0 Å². The Kier molecular flexibility index (Phi) is 5.46. The molecule has 0 rings (SSSR count). The molecule has 0 aliphatic carbocycles. The van der Waals surface area contributed by atoms with E-state index >= 15 is 0 Å². The van der Waals surface area contributed by atoms with E-state index in [-0.39, 0.29) is 11.7 Å². The zero-order valence-corrected chi connectivity index (χ0v) is 8.55. The van der Waals surface area contributed by atoms with Crippen molar-refractivity contribution in [2.24, 2.45) is 0 Å². The van der Waals surface area contributed by atoms with E-state index in [4.69, 9.17) is 9.84 Å². The first-order valence-corrected chi connectivity index (χ1v) is 4.50. The molecule has 0 amide bonds. The largest absolute Gasteiger partial charge is 0.392 e. The Bertz CT molecular complexity index is 113. The summed E-state index contributed by atoms with van der Waals surface area (Å²) in [5, 5.41) is 12.1. The van der Waals surface area contributed by atoms with Gasteiger partial charge in [-0.3, -0.25) is 0 Å². The topological polar surface area (TPSA) is 41.5 Å². The first-order valence-electron chi connectivity index (χ1n) is 4.50. The number of rotatable bonds is 6. The normalized spacial score (nSPS) is 14.8. The van der Waals surface area contributed by atoms with Gasteiger partial charge in [-0.1, -0.05) is 0 Å². The molecule has 0 spiro atoms. The first-order chi connectivity index (χ1) is 5.48. The second kappa shape index (κ2) is 5.51. The number of hydrogen-bond donors (Lipinski definition) is 2. The fourth-order valence-corrected chi connectivity index (χ4v) is 1.02. The summed E-state index contributed by atoms with van der Waals surface area (Å²) in [6, 6.07) is 0. The summed E-state index contributed by atoms with van der Waals surface area (Å²) in [4.78, 5) is 0. The minimum absolute atomic E-state index is 0.135. The first kappa shape index (κ1) is 11.9. The van der Waals surface area contributed by atoms with E-state index in [2.05, 4.69) is 5.32 Å². The minimum Gasteiger partial charge on any atom is -0.392 e. The number of nitrogens with one attached hydrogen (secondary N) is 1. The Morgan fingerprint density at radius 3 is 2.50 bits per heavy atom. The molecule has 3 heteroatoms. The van der Waals surface area contributed by atoms with Crippen molar-refractivity contribution in [2.45, 2.75) is 39.4 Å². The standard InChI is InChI=1S/C9H21NO2/c1-5-12-9(3,4)7-10-6-8(2)11/h8,10-11H,5-7H2,1-4H3/t8-/m0/s1. The molecule has 0 bridgehead atoms. The van der Waals surface area contributed by atoms with Crippen molar-refractivity contribution >= 4 is 0 Å². The van der Waals surface area contributed by atoms with Crippen molar-refractivity contribution in [1.82, 2.24) is 5.32 Å². The van der Waals surface area contributed by atoms with Crippen LogP contribution in [0.5, 0.6) is 0 Å². The van der Waals surface area contributed by atoms with Gasteiger partial charge in [0.25, 0.3) is 0 Å². The molecule has 0 heterocycles. The number of aliphatic hydroxyl groups is 1. The van der Waals surface area contributed by atoms with Gasteiger partial charge in [0.05, 0.1) is 11.7 Å². The van der Waals surface area contributed by atoms with E-state index in [1.165, 1.54) is 0 Å². The summed E-state index contributed by atoms with van der Waals surface area (Å²) >= 11 is 0. The lowest BCUT2D eigenvalue weighted by Crippen LogP contribution is -2.40. The van der Waals surface area contributed by atoms with Crippen LogP contribution in [0.15, 0.2) is 0 Å².